The molecule has 4 heteroatoms. The van der Waals surface area contributed by atoms with Gasteiger partial charge in [-0.05, 0) is 30.7 Å². The molecule has 4 nitrogen and oxygen atoms in total. The minimum absolute atomic E-state index is 0.149. The van der Waals surface area contributed by atoms with Crippen LogP contribution in [-0.4, -0.2) is 11.9 Å². The largest absolute Gasteiger partial charge is 0.469 e. The van der Waals surface area contributed by atoms with E-state index in [9.17, 15) is 4.79 Å². The number of nitrogens with one attached hydrogen (secondary N) is 2. The van der Waals surface area contributed by atoms with Crippen molar-refractivity contribution in [2.45, 2.75) is 33.4 Å². The second kappa shape index (κ2) is 6.39. The first-order valence-electron chi connectivity index (χ1n) is 6.74. The summed E-state index contributed by atoms with van der Waals surface area (Å²) in [7, 11) is 0. The summed E-state index contributed by atoms with van der Waals surface area (Å²) in [5.41, 5.74) is 2.54. The van der Waals surface area contributed by atoms with Gasteiger partial charge in [-0.1, -0.05) is 26.0 Å². The van der Waals surface area contributed by atoms with E-state index in [1.807, 2.05) is 24.3 Å². The van der Waals surface area contributed by atoms with Crippen molar-refractivity contribution in [2.24, 2.45) is 0 Å². The molecular weight excluding hydrogens is 252 g/mol. The Morgan fingerprint density at radius 2 is 1.90 bits per heavy atom. The fourth-order valence-electron chi connectivity index (χ4n) is 1.85. The fraction of sp³-hybridized carbons (Fsp3) is 0.312. The van der Waals surface area contributed by atoms with Gasteiger partial charge in [0, 0.05) is 18.3 Å². The molecule has 1 heterocycles. The number of benzene rings is 1. The molecule has 1 amide bonds. The van der Waals surface area contributed by atoms with Crippen LogP contribution < -0.4 is 10.6 Å². The van der Waals surface area contributed by atoms with Gasteiger partial charge in [-0.2, -0.15) is 0 Å². The van der Waals surface area contributed by atoms with E-state index in [4.69, 9.17) is 4.42 Å². The summed E-state index contributed by atoms with van der Waals surface area (Å²) in [6.07, 6.45) is 1.52. The maximum atomic E-state index is 12.0. The highest BCUT2D eigenvalue weighted by atomic mass is 16.3. The summed E-state index contributed by atoms with van der Waals surface area (Å²) < 4.78 is 5.13. The molecule has 106 valence electrons. The Kier molecular flexibility index (Phi) is 4.58. The first-order valence-corrected chi connectivity index (χ1v) is 6.74. The van der Waals surface area contributed by atoms with Crippen molar-refractivity contribution in [1.29, 1.82) is 0 Å². The van der Waals surface area contributed by atoms with Crippen LogP contribution in [0.25, 0.3) is 0 Å². The predicted molar refractivity (Wildman–Crippen MR) is 79.8 cm³/mol. The first-order chi connectivity index (χ1) is 9.56. The van der Waals surface area contributed by atoms with Crippen molar-refractivity contribution in [2.75, 3.05) is 5.32 Å². The van der Waals surface area contributed by atoms with E-state index in [2.05, 4.69) is 24.5 Å². The van der Waals surface area contributed by atoms with Gasteiger partial charge in [0.2, 0.25) is 0 Å². The predicted octanol–water partition coefficient (Wildman–Crippen LogP) is 3.34. The van der Waals surface area contributed by atoms with E-state index < -0.39 is 0 Å². The normalized spacial score (nSPS) is 10.8. The van der Waals surface area contributed by atoms with Crippen LogP contribution in [0.15, 0.2) is 41.0 Å². The summed E-state index contributed by atoms with van der Waals surface area (Å²) in [6, 6.07) is 9.96. The lowest BCUT2D eigenvalue weighted by Crippen LogP contribution is -2.21. The Morgan fingerprint density at radius 1 is 1.20 bits per heavy atom. The summed E-state index contributed by atoms with van der Waals surface area (Å²) in [4.78, 5) is 12.0. The van der Waals surface area contributed by atoms with Crippen molar-refractivity contribution in [3.8, 4) is 0 Å². The number of amides is 1. The zero-order chi connectivity index (χ0) is 14.5. The third-order valence-corrected chi connectivity index (χ3v) is 3.03. The fourth-order valence-corrected chi connectivity index (χ4v) is 1.85. The second-order valence-electron chi connectivity index (χ2n) is 5.08. The van der Waals surface area contributed by atoms with Crippen LogP contribution in [0.4, 0.5) is 5.69 Å². The molecule has 0 spiro atoms. The highest BCUT2D eigenvalue weighted by Crippen LogP contribution is 2.14. The Morgan fingerprint density at radius 3 is 2.45 bits per heavy atom. The van der Waals surface area contributed by atoms with Crippen molar-refractivity contribution < 1.29 is 9.21 Å². The minimum atomic E-state index is -0.149. The number of furan rings is 1. The average molecular weight is 272 g/mol. The quantitative estimate of drug-likeness (QED) is 0.877. The molecule has 0 aliphatic carbocycles. The number of carbonyl (C=O) groups is 1. The van der Waals surface area contributed by atoms with E-state index in [0.717, 1.165) is 12.2 Å². The monoisotopic (exact) mass is 272 g/mol. The van der Waals surface area contributed by atoms with Crippen LogP contribution in [0, 0.1) is 6.92 Å². The molecule has 0 fully saturated rings. The van der Waals surface area contributed by atoms with Crippen molar-refractivity contribution >= 4 is 11.6 Å². The number of hydrogen-bond acceptors (Lipinski definition) is 3. The van der Waals surface area contributed by atoms with E-state index in [0.29, 0.717) is 17.4 Å². The lowest BCUT2D eigenvalue weighted by Gasteiger charge is -2.09. The van der Waals surface area contributed by atoms with Gasteiger partial charge in [-0.15, -0.1) is 0 Å². The van der Waals surface area contributed by atoms with Crippen LogP contribution in [-0.2, 0) is 6.54 Å². The molecular formula is C16H20N2O2. The zero-order valence-electron chi connectivity index (χ0n) is 12.1. The topological polar surface area (TPSA) is 54.3 Å². The number of rotatable bonds is 5. The van der Waals surface area contributed by atoms with Gasteiger partial charge in [0.1, 0.15) is 5.76 Å². The molecule has 0 radical (unpaired) electrons. The lowest BCUT2D eigenvalue weighted by atomic mass is 10.2. The summed E-state index contributed by atoms with van der Waals surface area (Å²) in [5.74, 6) is 0.476. The Bertz CT molecular complexity index is 570. The molecule has 0 unspecified atom stereocenters. The molecule has 0 bridgehead atoms. The number of aryl methyl sites for hydroxylation is 1. The Balaban J connectivity index is 1.97. The molecule has 0 saturated heterocycles. The Hall–Kier alpha value is -2.07. The lowest BCUT2D eigenvalue weighted by molar-refractivity contribution is 0.102. The third-order valence-electron chi connectivity index (χ3n) is 3.03. The highest BCUT2D eigenvalue weighted by molar-refractivity contribution is 6.04. The van der Waals surface area contributed by atoms with E-state index in [1.165, 1.54) is 11.8 Å². The Labute approximate surface area is 119 Å². The molecule has 0 aliphatic heterocycles. The molecule has 2 rings (SSSR count). The maximum Gasteiger partial charge on any atom is 0.259 e. The van der Waals surface area contributed by atoms with Crippen molar-refractivity contribution in [3.63, 3.8) is 0 Å². The van der Waals surface area contributed by atoms with Crippen molar-refractivity contribution in [1.82, 2.24) is 5.32 Å². The molecule has 0 atom stereocenters. The average Bonchev–Trinajstić information content (AvgIpc) is 2.84. The standard InChI is InChI=1S/C16H20N2O2/c1-11(2)17-10-13-4-6-14(7-5-13)18-16(19)15-8-9-20-12(15)3/h4-9,11,17H,10H2,1-3H3,(H,18,19). The van der Waals surface area contributed by atoms with E-state index >= 15 is 0 Å². The van der Waals surface area contributed by atoms with Gasteiger partial charge in [-0.3, -0.25) is 4.79 Å². The van der Waals surface area contributed by atoms with Gasteiger partial charge in [0.15, 0.2) is 0 Å². The van der Waals surface area contributed by atoms with Gasteiger partial charge in [0.05, 0.1) is 11.8 Å². The SMILES string of the molecule is Cc1occc1C(=O)Nc1ccc(CNC(C)C)cc1. The zero-order valence-corrected chi connectivity index (χ0v) is 12.1. The molecule has 0 saturated carbocycles. The van der Waals surface area contributed by atoms with Crippen LogP contribution in [0.3, 0.4) is 0 Å². The highest BCUT2D eigenvalue weighted by Gasteiger charge is 2.11. The van der Waals surface area contributed by atoms with Gasteiger partial charge in [-0.25, -0.2) is 0 Å². The van der Waals surface area contributed by atoms with E-state index in [1.54, 1.807) is 13.0 Å². The molecule has 20 heavy (non-hydrogen) atoms. The second-order valence-corrected chi connectivity index (χ2v) is 5.08. The van der Waals surface area contributed by atoms with Crippen LogP contribution >= 0.6 is 0 Å². The third kappa shape index (κ3) is 3.71. The molecule has 2 N–H and O–H groups in total. The molecule has 0 aliphatic rings. The van der Waals surface area contributed by atoms with Crippen LogP contribution in [0.2, 0.25) is 0 Å². The van der Waals surface area contributed by atoms with Crippen LogP contribution in [0.5, 0.6) is 0 Å². The number of hydrogen-bond donors (Lipinski definition) is 2. The first kappa shape index (κ1) is 14.3. The maximum absolute atomic E-state index is 12.0. The van der Waals surface area contributed by atoms with Gasteiger partial charge >= 0.3 is 0 Å². The van der Waals surface area contributed by atoms with Gasteiger partial charge in [0.25, 0.3) is 5.91 Å². The van der Waals surface area contributed by atoms with Gasteiger partial charge < -0.3 is 15.1 Å². The molecule has 1 aromatic carbocycles. The summed E-state index contributed by atoms with van der Waals surface area (Å²) >= 11 is 0. The summed E-state index contributed by atoms with van der Waals surface area (Å²) in [5, 5.41) is 6.21. The number of carbonyl (C=O) groups excluding carboxylic acids is 1. The molecule has 1 aromatic heterocycles. The smallest absolute Gasteiger partial charge is 0.259 e. The minimum Gasteiger partial charge on any atom is -0.469 e. The number of anilines is 1. The molecule has 2 aromatic rings. The van der Waals surface area contributed by atoms with Crippen molar-refractivity contribution in [3.05, 3.63) is 53.5 Å². The van der Waals surface area contributed by atoms with Crippen LogP contribution in [0.1, 0.15) is 35.5 Å². The van der Waals surface area contributed by atoms with E-state index in [-0.39, 0.29) is 5.91 Å². The summed E-state index contributed by atoms with van der Waals surface area (Å²) in [6.45, 7) is 6.83.